The number of nitrogens with zero attached hydrogens (tertiary/aromatic N) is 3. The van der Waals surface area contributed by atoms with Crippen LogP contribution in [0.25, 0.3) is 10.9 Å². The van der Waals surface area contributed by atoms with Gasteiger partial charge in [0.2, 0.25) is 5.91 Å². The summed E-state index contributed by atoms with van der Waals surface area (Å²) in [6.45, 7) is 3.85. The van der Waals surface area contributed by atoms with Crippen LogP contribution in [0.1, 0.15) is 36.4 Å². The van der Waals surface area contributed by atoms with Crippen molar-refractivity contribution in [3.63, 3.8) is 0 Å². The third kappa shape index (κ3) is 3.65. The number of aryl methyl sites for hydroxylation is 1. The van der Waals surface area contributed by atoms with E-state index in [2.05, 4.69) is 4.98 Å². The van der Waals surface area contributed by atoms with Crippen LogP contribution in [-0.4, -0.2) is 40.1 Å². The number of benzene rings is 2. The van der Waals surface area contributed by atoms with Crippen molar-refractivity contribution in [3.8, 4) is 11.5 Å². The van der Waals surface area contributed by atoms with Gasteiger partial charge >= 0.3 is 0 Å². The van der Waals surface area contributed by atoms with Crippen LogP contribution in [0.2, 0.25) is 0 Å². The summed E-state index contributed by atoms with van der Waals surface area (Å²) in [5.74, 6) is 1.41. The zero-order valence-electron chi connectivity index (χ0n) is 17.5. The van der Waals surface area contributed by atoms with Crippen LogP contribution in [0.5, 0.6) is 11.5 Å². The maximum atomic E-state index is 13.2. The van der Waals surface area contributed by atoms with Crippen molar-refractivity contribution in [2.24, 2.45) is 0 Å². The summed E-state index contributed by atoms with van der Waals surface area (Å²) in [5.41, 5.74) is 2.48. The van der Waals surface area contributed by atoms with E-state index in [1.165, 1.54) is 10.9 Å². The first-order valence-corrected chi connectivity index (χ1v) is 10.8. The van der Waals surface area contributed by atoms with Gasteiger partial charge in [-0.25, -0.2) is 4.98 Å². The van der Waals surface area contributed by atoms with E-state index in [0.29, 0.717) is 30.7 Å². The van der Waals surface area contributed by atoms with Crippen LogP contribution in [0.3, 0.4) is 0 Å². The summed E-state index contributed by atoms with van der Waals surface area (Å²) < 4.78 is 13.0. The second kappa shape index (κ2) is 8.06. The van der Waals surface area contributed by atoms with Crippen LogP contribution in [0.15, 0.2) is 47.5 Å². The first-order valence-electron chi connectivity index (χ1n) is 10.8. The van der Waals surface area contributed by atoms with Crippen molar-refractivity contribution in [2.75, 3.05) is 19.8 Å². The summed E-state index contributed by atoms with van der Waals surface area (Å²) in [4.78, 5) is 32.4. The van der Waals surface area contributed by atoms with Crippen LogP contribution < -0.4 is 15.0 Å². The standard InChI is InChI=1S/C24H25N3O4/c1-16-5-2-6-18-23(16)25-15-26(24(18)29)14-22(28)27-10-3-7-19(27)17-8-9-20-21(13-17)31-12-4-11-30-20/h2,5-6,8-9,13,15,19H,3-4,7,10-12,14H2,1H3. The molecule has 160 valence electrons. The molecule has 0 N–H and O–H groups in total. The van der Waals surface area contributed by atoms with Crippen LogP contribution in [-0.2, 0) is 11.3 Å². The Hall–Kier alpha value is -3.35. The maximum absolute atomic E-state index is 13.2. The lowest BCUT2D eigenvalue weighted by Gasteiger charge is -2.26. The van der Waals surface area contributed by atoms with Crippen molar-refractivity contribution >= 4 is 16.8 Å². The molecule has 0 aliphatic carbocycles. The number of rotatable bonds is 3. The predicted octanol–water partition coefficient (Wildman–Crippen LogP) is 3.23. The highest BCUT2D eigenvalue weighted by molar-refractivity contribution is 5.81. The Labute approximate surface area is 180 Å². The van der Waals surface area contributed by atoms with E-state index in [1.54, 1.807) is 6.07 Å². The summed E-state index contributed by atoms with van der Waals surface area (Å²) >= 11 is 0. The molecular formula is C24H25N3O4. The van der Waals surface area contributed by atoms with Gasteiger partial charge in [0.05, 0.1) is 36.5 Å². The number of carbonyl (C=O) groups is 1. The quantitative estimate of drug-likeness (QED) is 0.652. The Morgan fingerprint density at radius 2 is 1.97 bits per heavy atom. The lowest BCUT2D eigenvalue weighted by molar-refractivity contribution is -0.132. The van der Waals surface area contributed by atoms with Gasteiger partial charge in [-0.2, -0.15) is 0 Å². The zero-order chi connectivity index (χ0) is 21.4. The Balaban J connectivity index is 1.39. The Morgan fingerprint density at radius 1 is 1.13 bits per heavy atom. The third-order valence-corrected chi connectivity index (χ3v) is 6.09. The van der Waals surface area contributed by atoms with Gasteiger partial charge in [-0.05, 0) is 49.1 Å². The molecule has 7 heteroatoms. The van der Waals surface area contributed by atoms with E-state index in [9.17, 15) is 9.59 Å². The molecule has 2 aliphatic heterocycles. The summed E-state index contributed by atoms with van der Waals surface area (Å²) in [6, 6.07) is 11.4. The molecule has 5 rings (SSSR count). The number of para-hydroxylation sites is 1. The normalized spacial score (nSPS) is 18.2. The lowest BCUT2D eigenvalue weighted by atomic mass is 10.0. The molecule has 0 bridgehead atoms. The number of hydrogen-bond donors (Lipinski definition) is 0. The number of carbonyl (C=O) groups excluding carboxylic acids is 1. The second-order valence-corrected chi connectivity index (χ2v) is 8.15. The molecule has 3 aromatic rings. The molecule has 0 radical (unpaired) electrons. The molecule has 1 fully saturated rings. The van der Waals surface area contributed by atoms with Crippen molar-refractivity contribution in [3.05, 3.63) is 64.2 Å². The lowest BCUT2D eigenvalue weighted by Crippen LogP contribution is -2.36. The maximum Gasteiger partial charge on any atom is 0.261 e. The van der Waals surface area contributed by atoms with Gasteiger partial charge in [0, 0.05) is 13.0 Å². The Bertz CT molecular complexity index is 1200. The van der Waals surface area contributed by atoms with Crippen molar-refractivity contribution in [2.45, 2.75) is 38.8 Å². The van der Waals surface area contributed by atoms with Gasteiger partial charge in [-0.15, -0.1) is 0 Å². The highest BCUT2D eigenvalue weighted by Gasteiger charge is 2.31. The average Bonchev–Trinajstić information content (AvgIpc) is 3.15. The highest BCUT2D eigenvalue weighted by Crippen LogP contribution is 2.38. The summed E-state index contributed by atoms with van der Waals surface area (Å²) in [6.07, 6.45) is 4.14. The van der Waals surface area contributed by atoms with Gasteiger partial charge in [0.1, 0.15) is 6.54 Å². The average molecular weight is 419 g/mol. The Kier molecular flexibility index (Phi) is 5.10. The van der Waals surface area contributed by atoms with E-state index < -0.39 is 0 Å². The molecule has 3 heterocycles. The molecule has 31 heavy (non-hydrogen) atoms. The zero-order valence-corrected chi connectivity index (χ0v) is 17.5. The molecule has 0 spiro atoms. The SMILES string of the molecule is Cc1cccc2c(=O)n(CC(=O)N3CCCC3c3ccc4c(c3)OCCCO4)cnc12. The van der Waals surface area contributed by atoms with Gasteiger partial charge in [-0.3, -0.25) is 14.2 Å². The number of hydrogen-bond acceptors (Lipinski definition) is 5. The van der Waals surface area contributed by atoms with E-state index in [1.807, 2.05) is 42.2 Å². The van der Waals surface area contributed by atoms with E-state index in [0.717, 1.165) is 41.9 Å². The molecule has 1 saturated heterocycles. The molecule has 0 saturated carbocycles. The monoisotopic (exact) mass is 419 g/mol. The van der Waals surface area contributed by atoms with Crippen molar-refractivity contribution in [1.29, 1.82) is 0 Å². The van der Waals surface area contributed by atoms with Gasteiger partial charge in [0.25, 0.3) is 5.56 Å². The van der Waals surface area contributed by atoms with Crippen LogP contribution >= 0.6 is 0 Å². The number of amides is 1. The minimum Gasteiger partial charge on any atom is -0.490 e. The Morgan fingerprint density at radius 3 is 2.84 bits per heavy atom. The van der Waals surface area contributed by atoms with E-state index in [4.69, 9.17) is 9.47 Å². The highest BCUT2D eigenvalue weighted by atomic mass is 16.5. The van der Waals surface area contributed by atoms with Gasteiger partial charge in [0.15, 0.2) is 11.5 Å². The van der Waals surface area contributed by atoms with Crippen LogP contribution in [0, 0.1) is 6.92 Å². The smallest absolute Gasteiger partial charge is 0.261 e. The minimum absolute atomic E-state index is 0.0171. The number of aromatic nitrogens is 2. The van der Waals surface area contributed by atoms with E-state index >= 15 is 0 Å². The van der Waals surface area contributed by atoms with Gasteiger partial charge < -0.3 is 14.4 Å². The van der Waals surface area contributed by atoms with Gasteiger partial charge in [-0.1, -0.05) is 18.2 Å². The molecule has 1 amide bonds. The van der Waals surface area contributed by atoms with Crippen molar-refractivity contribution in [1.82, 2.24) is 14.5 Å². The predicted molar refractivity (Wildman–Crippen MR) is 116 cm³/mol. The summed E-state index contributed by atoms with van der Waals surface area (Å²) in [5, 5.41) is 0.538. The van der Waals surface area contributed by atoms with Crippen molar-refractivity contribution < 1.29 is 14.3 Å². The molecule has 1 atom stereocenters. The molecule has 1 unspecified atom stereocenters. The second-order valence-electron chi connectivity index (χ2n) is 8.15. The first kappa shape index (κ1) is 19.6. The largest absolute Gasteiger partial charge is 0.490 e. The summed E-state index contributed by atoms with van der Waals surface area (Å²) in [7, 11) is 0. The third-order valence-electron chi connectivity index (χ3n) is 6.09. The fraction of sp³-hybridized carbons (Fsp3) is 0.375. The van der Waals surface area contributed by atoms with E-state index in [-0.39, 0.29) is 24.1 Å². The molecule has 2 aliphatic rings. The number of fused-ring (bicyclic) bond motifs is 2. The molecular weight excluding hydrogens is 394 g/mol. The first-order chi connectivity index (χ1) is 15.1. The number of ether oxygens (including phenoxy) is 2. The number of likely N-dealkylation sites (tertiary alicyclic amines) is 1. The van der Waals surface area contributed by atoms with Crippen LogP contribution in [0.4, 0.5) is 0 Å². The molecule has 1 aromatic heterocycles. The minimum atomic E-state index is -0.187. The fourth-order valence-corrected chi connectivity index (χ4v) is 4.49. The fourth-order valence-electron chi connectivity index (χ4n) is 4.49. The molecule has 7 nitrogen and oxygen atoms in total. The topological polar surface area (TPSA) is 73.7 Å². The molecule has 2 aromatic carbocycles.